The van der Waals surface area contributed by atoms with Gasteiger partial charge in [-0.15, -0.1) is 0 Å². The van der Waals surface area contributed by atoms with Crippen molar-refractivity contribution < 1.29 is 4.39 Å². The molecule has 0 radical (unpaired) electrons. The summed E-state index contributed by atoms with van der Waals surface area (Å²) in [6.07, 6.45) is 4.58. The molecule has 0 aliphatic rings. The van der Waals surface area contributed by atoms with Gasteiger partial charge in [0.15, 0.2) is 0 Å². The van der Waals surface area contributed by atoms with Crippen molar-refractivity contribution in [2.75, 3.05) is 26.2 Å². The van der Waals surface area contributed by atoms with E-state index in [1.165, 1.54) is 18.7 Å². The summed E-state index contributed by atoms with van der Waals surface area (Å²) < 4.78 is 13.0. The van der Waals surface area contributed by atoms with Crippen LogP contribution in [0.5, 0.6) is 0 Å². The van der Waals surface area contributed by atoms with Gasteiger partial charge < -0.3 is 10.2 Å². The minimum Gasteiger partial charge on any atom is -0.309 e. The highest BCUT2D eigenvalue weighted by Gasteiger charge is 2.13. The van der Waals surface area contributed by atoms with Crippen molar-refractivity contribution in [1.29, 1.82) is 0 Å². The highest BCUT2D eigenvalue weighted by atomic mass is 19.1. The van der Waals surface area contributed by atoms with Crippen molar-refractivity contribution in [1.82, 2.24) is 15.2 Å². The topological polar surface area (TPSA) is 28.2 Å². The molecule has 1 heterocycles. The summed E-state index contributed by atoms with van der Waals surface area (Å²) in [6.45, 7) is 10.8. The molecule has 0 fully saturated rings. The van der Waals surface area contributed by atoms with Gasteiger partial charge in [-0.05, 0) is 57.6 Å². The van der Waals surface area contributed by atoms with Crippen molar-refractivity contribution in [3.8, 4) is 0 Å². The number of halogens is 1. The summed E-state index contributed by atoms with van der Waals surface area (Å²) in [7, 11) is 0. The van der Waals surface area contributed by atoms with Gasteiger partial charge >= 0.3 is 0 Å². The molecular formula is C16H28FN3. The van der Waals surface area contributed by atoms with Gasteiger partial charge in [-0.2, -0.15) is 0 Å². The van der Waals surface area contributed by atoms with E-state index in [1.54, 1.807) is 6.07 Å². The molecule has 0 aromatic carbocycles. The molecule has 1 unspecified atom stereocenters. The fourth-order valence-electron chi connectivity index (χ4n) is 2.32. The molecule has 1 N–H and O–H groups in total. The summed E-state index contributed by atoms with van der Waals surface area (Å²) in [4.78, 5) is 6.67. The molecule has 0 aliphatic heterocycles. The lowest BCUT2D eigenvalue weighted by molar-refractivity contribution is 0.268. The quantitative estimate of drug-likeness (QED) is 0.712. The standard InChI is InChI=1S/C16H28FN3/c1-4-10-18-16(9-12-20(6-3)11-5-2)15-8-7-14(17)13-19-15/h7-8,13,16,18H,4-6,9-12H2,1-3H3. The van der Waals surface area contributed by atoms with Gasteiger partial charge in [0.25, 0.3) is 0 Å². The third-order valence-electron chi connectivity index (χ3n) is 3.47. The lowest BCUT2D eigenvalue weighted by atomic mass is 10.1. The van der Waals surface area contributed by atoms with Gasteiger partial charge in [0.1, 0.15) is 5.82 Å². The Morgan fingerprint density at radius 3 is 2.55 bits per heavy atom. The van der Waals surface area contributed by atoms with Crippen molar-refractivity contribution in [2.24, 2.45) is 0 Å². The van der Waals surface area contributed by atoms with Crippen LogP contribution in [-0.4, -0.2) is 36.1 Å². The average Bonchev–Trinajstić information content (AvgIpc) is 2.47. The van der Waals surface area contributed by atoms with E-state index in [-0.39, 0.29) is 11.9 Å². The zero-order valence-electron chi connectivity index (χ0n) is 13.0. The lowest BCUT2D eigenvalue weighted by Gasteiger charge is -2.24. The zero-order chi connectivity index (χ0) is 14.8. The fraction of sp³-hybridized carbons (Fsp3) is 0.688. The number of nitrogens with one attached hydrogen (secondary N) is 1. The summed E-state index contributed by atoms with van der Waals surface area (Å²) >= 11 is 0. The smallest absolute Gasteiger partial charge is 0.141 e. The van der Waals surface area contributed by atoms with Gasteiger partial charge in [0.05, 0.1) is 17.9 Å². The maximum Gasteiger partial charge on any atom is 0.141 e. The van der Waals surface area contributed by atoms with E-state index in [1.807, 2.05) is 0 Å². The number of aromatic nitrogens is 1. The molecule has 0 saturated carbocycles. The molecule has 1 atom stereocenters. The van der Waals surface area contributed by atoms with Crippen molar-refractivity contribution in [2.45, 2.75) is 46.1 Å². The monoisotopic (exact) mass is 281 g/mol. The van der Waals surface area contributed by atoms with Gasteiger partial charge in [0.2, 0.25) is 0 Å². The fourth-order valence-corrected chi connectivity index (χ4v) is 2.32. The first kappa shape index (κ1) is 17.1. The van der Waals surface area contributed by atoms with Crippen molar-refractivity contribution in [3.63, 3.8) is 0 Å². The highest BCUT2D eigenvalue weighted by Crippen LogP contribution is 2.15. The molecule has 0 spiro atoms. The van der Waals surface area contributed by atoms with Crippen LogP contribution in [0.1, 0.15) is 51.8 Å². The van der Waals surface area contributed by atoms with Crippen LogP contribution in [0.2, 0.25) is 0 Å². The molecule has 0 amide bonds. The normalized spacial score (nSPS) is 12.8. The molecule has 114 valence electrons. The average molecular weight is 281 g/mol. The van der Waals surface area contributed by atoms with E-state index in [0.29, 0.717) is 0 Å². The Morgan fingerprint density at radius 1 is 1.20 bits per heavy atom. The minimum absolute atomic E-state index is 0.210. The zero-order valence-corrected chi connectivity index (χ0v) is 13.0. The van der Waals surface area contributed by atoms with Crippen LogP contribution in [0.15, 0.2) is 18.3 Å². The second kappa shape index (κ2) is 9.83. The summed E-state index contributed by atoms with van der Waals surface area (Å²) in [5.74, 6) is -0.274. The molecule has 0 saturated heterocycles. The lowest BCUT2D eigenvalue weighted by Crippen LogP contribution is -2.31. The van der Waals surface area contributed by atoms with Crippen LogP contribution in [-0.2, 0) is 0 Å². The molecular weight excluding hydrogens is 253 g/mol. The SMILES string of the molecule is CCCNC(CCN(CC)CCC)c1ccc(F)cn1. The molecule has 1 aromatic heterocycles. The Balaban J connectivity index is 2.61. The van der Waals surface area contributed by atoms with Crippen LogP contribution in [0, 0.1) is 5.82 Å². The second-order valence-corrected chi connectivity index (χ2v) is 5.13. The molecule has 3 nitrogen and oxygen atoms in total. The van der Waals surface area contributed by atoms with Crippen molar-refractivity contribution in [3.05, 3.63) is 29.8 Å². The van der Waals surface area contributed by atoms with Crippen LogP contribution in [0.4, 0.5) is 4.39 Å². The summed E-state index contributed by atoms with van der Waals surface area (Å²) in [6, 6.07) is 3.49. The van der Waals surface area contributed by atoms with E-state index in [4.69, 9.17) is 0 Å². The molecule has 4 heteroatoms. The van der Waals surface area contributed by atoms with Crippen LogP contribution < -0.4 is 5.32 Å². The first-order chi connectivity index (χ1) is 9.71. The number of rotatable bonds is 10. The minimum atomic E-state index is -0.274. The third kappa shape index (κ3) is 5.97. The van der Waals surface area contributed by atoms with Crippen molar-refractivity contribution >= 4 is 0 Å². The Labute approximate surface area is 122 Å². The molecule has 1 rings (SSSR count). The number of hydrogen-bond acceptors (Lipinski definition) is 3. The van der Waals surface area contributed by atoms with Gasteiger partial charge in [-0.3, -0.25) is 4.98 Å². The van der Waals surface area contributed by atoms with Gasteiger partial charge in [-0.25, -0.2) is 4.39 Å². The maximum atomic E-state index is 13.0. The predicted octanol–water partition coefficient (Wildman–Crippen LogP) is 3.38. The van der Waals surface area contributed by atoms with Gasteiger partial charge in [0, 0.05) is 0 Å². The molecule has 20 heavy (non-hydrogen) atoms. The Kier molecular flexibility index (Phi) is 8.38. The second-order valence-electron chi connectivity index (χ2n) is 5.13. The van der Waals surface area contributed by atoms with Crippen LogP contribution in [0.25, 0.3) is 0 Å². The predicted molar refractivity (Wildman–Crippen MR) is 82.3 cm³/mol. The van der Waals surface area contributed by atoms with E-state index in [9.17, 15) is 4.39 Å². The highest BCUT2D eigenvalue weighted by molar-refractivity contribution is 5.10. The number of pyridine rings is 1. The van der Waals surface area contributed by atoms with Crippen LogP contribution >= 0.6 is 0 Å². The van der Waals surface area contributed by atoms with E-state index < -0.39 is 0 Å². The Bertz CT molecular complexity index is 353. The van der Waals surface area contributed by atoms with E-state index in [0.717, 1.165) is 44.7 Å². The third-order valence-corrected chi connectivity index (χ3v) is 3.47. The van der Waals surface area contributed by atoms with Gasteiger partial charge in [-0.1, -0.05) is 20.8 Å². The summed E-state index contributed by atoms with van der Waals surface area (Å²) in [5, 5.41) is 3.52. The Hall–Kier alpha value is -1.00. The Morgan fingerprint density at radius 2 is 2.00 bits per heavy atom. The van der Waals surface area contributed by atoms with E-state index in [2.05, 4.69) is 36.0 Å². The van der Waals surface area contributed by atoms with E-state index >= 15 is 0 Å². The molecule has 0 bridgehead atoms. The molecule has 1 aromatic rings. The molecule has 0 aliphatic carbocycles. The maximum absolute atomic E-state index is 13.0. The first-order valence-corrected chi connectivity index (χ1v) is 7.78. The largest absolute Gasteiger partial charge is 0.309 e. The number of nitrogens with zero attached hydrogens (tertiary/aromatic N) is 2. The van der Waals surface area contributed by atoms with Crippen LogP contribution in [0.3, 0.4) is 0 Å². The number of hydrogen-bond donors (Lipinski definition) is 1. The summed E-state index contributed by atoms with van der Waals surface area (Å²) in [5.41, 5.74) is 0.937. The first-order valence-electron chi connectivity index (χ1n) is 7.78.